The molecule has 2 N–H and O–H groups in total. The molecule has 2 aliphatic rings. The molecule has 6 heteroatoms. The molecule has 6 nitrogen and oxygen atoms in total. The first kappa shape index (κ1) is 18.2. The summed E-state index contributed by atoms with van der Waals surface area (Å²) in [7, 11) is 0. The second-order valence-electron chi connectivity index (χ2n) is 6.72. The second kappa shape index (κ2) is 8.64. The molecule has 1 aliphatic heterocycles. The van der Waals surface area contributed by atoms with Crippen molar-refractivity contribution in [3.05, 3.63) is 0 Å². The largest absolute Gasteiger partial charge is 0.480 e. The maximum Gasteiger partial charge on any atom is 0.329 e. The van der Waals surface area contributed by atoms with Crippen LogP contribution in [-0.4, -0.2) is 48.4 Å². The van der Waals surface area contributed by atoms with E-state index in [1.165, 1.54) is 0 Å². The Hall–Kier alpha value is -1.14. The van der Waals surface area contributed by atoms with Crippen LogP contribution in [0.3, 0.4) is 0 Å². The molecule has 1 saturated carbocycles. The predicted molar refractivity (Wildman–Crippen MR) is 85.2 cm³/mol. The van der Waals surface area contributed by atoms with Crippen LogP contribution in [0.25, 0.3) is 0 Å². The molecule has 0 aromatic heterocycles. The van der Waals surface area contributed by atoms with Gasteiger partial charge >= 0.3 is 5.97 Å². The van der Waals surface area contributed by atoms with E-state index in [2.05, 4.69) is 12.2 Å². The van der Waals surface area contributed by atoms with Gasteiger partial charge in [0.1, 0.15) is 5.54 Å². The molecule has 0 bridgehead atoms. The molecule has 2 fully saturated rings. The summed E-state index contributed by atoms with van der Waals surface area (Å²) in [6.45, 7) is 3.88. The summed E-state index contributed by atoms with van der Waals surface area (Å²) in [5, 5.41) is 12.3. The second-order valence-corrected chi connectivity index (χ2v) is 6.72. The molecule has 0 aromatic rings. The van der Waals surface area contributed by atoms with Gasteiger partial charge in [0, 0.05) is 19.6 Å². The van der Waals surface area contributed by atoms with Crippen LogP contribution in [0.4, 0.5) is 0 Å². The average Bonchev–Trinajstić information content (AvgIpc) is 2.56. The molecule has 0 aromatic carbocycles. The number of carbonyl (C=O) groups excluding carboxylic acids is 1. The van der Waals surface area contributed by atoms with Gasteiger partial charge in [0.15, 0.2) is 0 Å². The minimum atomic E-state index is -1.08. The Labute approximate surface area is 137 Å². The highest BCUT2D eigenvalue weighted by Crippen LogP contribution is 2.34. The van der Waals surface area contributed by atoms with Crippen LogP contribution in [0.1, 0.15) is 58.3 Å². The SMILES string of the molecule is CCC1CCC(NC(=O)CCOC2CCOCC2)(C(=O)O)CC1. The van der Waals surface area contributed by atoms with Crippen molar-refractivity contribution in [2.24, 2.45) is 5.92 Å². The molecule has 1 heterocycles. The lowest BCUT2D eigenvalue weighted by molar-refractivity contribution is -0.150. The number of hydrogen-bond acceptors (Lipinski definition) is 4. The zero-order valence-electron chi connectivity index (χ0n) is 14.0. The lowest BCUT2D eigenvalue weighted by Gasteiger charge is -2.37. The van der Waals surface area contributed by atoms with Crippen LogP contribution < -0.4 is 5.32 Å². The highest BCUT2D eigenvalue weighted by molar-refractivity contribution is 5.87. The van der Waals surface area contributed by atoms with Gasteiger partial charge in [-0.1, -0.05) is 13.3 Å². The van der Waals surface area contributed by atoms with E-state index in [1.54, 1.807) is 0 Å². The van der Waals surface area contributed by atoms with E-state index in [0.717, 1.165) is 32.1 Å². The Morgan fingerprint density at radius 1 is 1.22 bits per heavy atom. The predicted octanol–water partition coefficient (Wildman–Crippen LogP) is 2.11. The Bertz CT molecular complexity index is 398. The first-order valence-electron chi connectivity index (χ1n) is 8.79. The quantitative estimate of drug-likeness (QED) is 0.748. The summed E-state index contributed by atoms with van der Waals surface area (Å²) in [6.07, 6.45) is 5.93. The van der Waals surface area contributed by atoms with Crippen LogP contribution in [0.2, 0.25) is 0 Å². The van der Waals surface area contributed by atoms with Gasteiger partial charge in [0.25, 0.3) is 0 Å². The summed E-state index contributed by atoms with van der Waals surface area (Å²) in [5.74, 6) is -0.559. The van der Waals surface area contributed by atoms with Crippen molar-refractivity contribution in [1.82, 2.24) is 5.32 Å². The third-order valence-corrected chi connectivity index (χ3v) is 5.18. The number of hydrogen-bond donors (Lipinski definition) is 2. The van der Waals surface area contributed by atoms with E-state index >= 15 is 0 Å². The number of rotatable bonds is 7. The number of carbonyl (C=O) groups is 2. The fraction of sp³-hybridized carbons (Fsp3) is 0.882. The van der Waals surface area contributed by atoms with E-state index in [-0.39, 0.29) is 18.4 Å². The van der Waals surface area contributed by atoms with Crippen molar-refractivity contribution in [1.29, 1.82) is 0 Å². The van der Waals surface area contributed by atoms with Gasteiger partial charge in [-0.15, -0.1) is 0 Å². The Kier molecular flexibility index (Phi) is 6.84. The fourth-order valence-corrected chi connectivity index (χ4v) is 3.46. The molecule has 0 radical (unpaired) electrons. The van der Waals surface area contributed by atoms with Crippen molar-refractivity contribution >= 4 is 11.9 Å². The zero-order valence-corrected chi connectivity index (χ0v) is 14.0. The molecule has 1 aliphatic carbocycles. The highest BCUT2D eigenvalue weighted by Gasteiger charge is 2.42. The highest BCUT2D eigenvalue weighted by atomic mass is 16.5. The number of amides is 1. The van der Waals surface area contributed by atoms with E-state index in [0.29, 0.717) is 38.6 Å². The van der Waals surface area contributed by atoms with Gasteiger partial charge in [-0.2, -0.15) is 0 Å². The van der Waals surface area contributed by atoms with E-state index < -0.39 is 11.5 Å². The first-order chi connectivity index (χ1) is 11.1. The van der Waals surface area contributed by atoms with Crippen LogP contribution >= 0.6 is 0 Å². The number of carboxylic acids is 1. The summed E-state index contributed by atoms with van der Waals surface area (Å²) in [5.41, 5.74) is -1.08. The standard InChI is InChI=1S/C17H29NO5/c1-2-13-3-8-17(9-4-13,16(20)21)18-15(19)7-12-23-14-5-10-22-11-6-14/h13-14H,2-12H2,1H3,(H,18,19)(H,20,21). The smallest absolute Gasteiger partial charge is 0.329 e. The summed E-state index contributed by atoms with van der Waals surface area (Å²) in [6, 6.07) is 0. The number of nitrogens with one attached hydrogen (secondary N) is 1. The minimum Gasteiger partial charge on any atom is -0.480 e. The molecule has 0 spiro atoms. The molecule has 132 valence electrons. The molecule has 0 atom stereocenters. The maximum absolute atomic E-state index is 12.1. The molecule has 0 unspecified atom stereocenters. The minimum absolute atomic E-state index is 0.157. The van der Waals surface area contributed by atoms with Gasteiger partial charge in [-0.25, -0.2) is 4.79 Å². The number of aliphatic carboxylic acids is 1. The van der Waals surface area contributed by atoms with Crippen LogP contribution in [0.15, 0.2) is 0 Å². The zero-order chi connectivity index (χ0) is 16.7. The third-order valence-electron chi connectivity index (χ3n) is 5.18. The van der Waals surface area contributed by atoms with E-state index in [1.807, 2.05) is 0 Å². The lowest BCUT2D eigenvalue weighted by atomic mass is 9.75. The molecular formula is C17H29NO5. The van der Waals surface area contributed by atoms with E-state index in [4.69, 9.17) is 9.47 Å². The van der Waals surface area contributed by atoms with Crippen LogP contribution in [0.5, 0.6) is 0 Å². The monoisotopic (exact) mass is 327 g/mol. The summed E-state index contributed by atoms with van der Waals surface area (Å²) >= 11 is 0. The fourth-order valence-electron chi connectivity index (χ4n) is 3.46. The van der Waals surface area contributed by atoms with E-state index in [9.17, 15) is 14.7 Å². The number of carboxylic acid groups (broad SMARTS) is 1. The van der Waals surface area contributed by atoms with Gasteiger partial charge in [-0.3, -0.25) is 4.79 Å². The van der Waals surface area contributed by atoms with Crippen LogP contribution in [-0.2, 0) is 19.1 Å². The van der Waals surface area contributed by atoms with Gasteiger partial charge in [-0.05, 0) is 44.4 Å². The molecular weight excluding hydrogens is 298 g/mol. The molecule has 1 amide bonds. The van der Waals surface area contributed by atoms with Gasteiger partial charge < -0.3 is 19.9 Å². The van der Waals surface area contributed by atoms with Crippen molar-refractivity contribution in [3.63, 3.8) is 0 Å². The van der Waals surface area contributed by atoms with Crippen molar-refractivity contribution < 1.29 is 24.2 Å². The lowest BCUT2D eigenvalue weighted by Crippen LogP contribution is -2.56. The molecule has 23 heavy (non-hydrogen) atoms. The maximum atomic E-state index is 12.1. The Morgan fingerprint density at radius 3 is 2.43 bits per heavy atom. The van der Waals surface area contributed by atoms with Crippen molar-refractivity contribution in [2.45, 2.75) is 69.9 Å². The Morgan fingerprint density at radius 2 is 1.87 bits per heavy atom. The van der Waals surface area contributed by atoms with Crippen molar-refractivity contribution in [3.8, 4) is 0 Å². The Balaban J connectivity index is 1.76. The van der Waals surface area contributed by atoms with Crippen molar-refractivity contribution in [2.75, 3.05) is 19.8 Å². The topological polar surface area (TPSA) is 84.9 Å². The molecule has 1 saturated heterocycles. The van der Waals surface area contributed by atoms with Gasteiger partial charge in [0.2, 0.25) is 5.91 Å². The third kappa shape index (κ3) is 5.18. The van der Waals surface area contributed by atoms with Gasteiger partial charge in [0.05, 0.1) is 12.7 Å². The summed E-state index contributed by atoms with van der Waals surface area (Å²) < 4.78 is 10.9. The van der Waals surface area contributed by atoms with Crippen LogP contribution in [0, 0.1) is 5.92 Å². The summed E-state index contributed by atoms with van der Waals surface area (Å²) in [4.78, 5) is 23.8. The molecule has 2 rings (SSSR count). The normalized spacial score (nSPS) is 29.2. The number of ether oxygens (including phenoxy) is 2. The average molecular weight is 327 g/mol. The first-order valence-corrected chi connectivity index (χ1v) is 8.79.